The van der Waals surface area contributed by atoms with Gasteiger partial charge in [0.05, 0.1) is 40.4 Å². The molecule has 29 heavy (non-hydrogen) atoms. The zero-order chi connectivity index (χ0) is 21.0. The molecule has 0 saturated heterocycles. The summed E-state index contributed by atoms with van der Waals surface area (Å²) >= 11 is 7.98. The summed E-state index contributed by atoms with van der Waals surface area (Å²) in [5.74, 6) is -0.265. The third kappa shape index (κ3) is 4.83. The normalized spacial score (nSPS) is 11.1. The first-order valence-electron chi connectivity index (χ1n) is 9.00. The number of hydroxylamine groups is 1. The number of anilines is 2. The van der Waals surface area contributed by atoms with Crippen molar-refractivity contribution in [3.63, 3.8) is 0 Å². The minimum absolute atomic E-state index is 0.00725. The van der Waals surface area contributed by atoms with Crippen LogP contribution in [-0.2, 0) is 11.9 Å². The van der Waals surface area contributed by atoms with Gasteiger partial charge in [-0.15, -0.1) is 0 Å². The lowest BCUT2D eigenvalue weighted by molar-refractivity contribution is 0.0318. The van der Waals surface area contributed by atoms with Crippen LogP contribution in [0.25, 0.3) is 11.0 Å². The number of hydrogen-bond acceptors (Lipinski definition) is 5. The summed E-state index contributed by atoms with van der Waals surface area (Å²) in [4.78, 5) is 22.1. The maximum atomic E-state index is 15.3. The average Bonchev–Trinajstić information content (AvgIpc) is 3.06. The Bertz CT molecular complexity index is 1040. The molecule has 1 heterocycles. The molecule has 0 fully saturated rings. The molecule has 0 aliphatic rings. The Balaban J connectivity index is 1.96. The molecule has 0 bridgehead atoms. The molecule has 0 saturated carbocycles. The first kappa shape index (κ1) is 21.4. The van der Waals surface area contributed by atoms with Gasteiger partial charge in [-0.25, -0.2) is 14.9 Å². The van der Waals surface area contributed by atoms with Crippen molar-refractivity contribution < 1.29 is 14.0 Å². The molecular weight excluding hydrogens is 415 g/mol. The highest BCUT2D eigenvalue weighted by atomic mass is 35.5. The molecule has 2 aromatic carbocycles. The van der Waals surface area contributed by atoms with Gasteiger partial charge in [-0.3, -0.25) is 9.63 Å². The Morgan fingerprint density at radius 1 is 1.38 bits per heavy atom. The molecule has 1 amide bonds. The predicted molar refractivity (Wildman–Crippen MR) is 117 cm³/mol. The number of benzene rings is 2. The maximum absolute atomic E-state index is 15.3. The quantitative estimate of drug-likeness (QED) is 0.391. The van der Waals surface area contributed by atoms with Crippen LogP contribution in [0, 0.1) is 12.7 Å². The van der Waals surface area contributed by atoms with E-state index in [1.54, 1.807) is 41.6 Å². The molecule has 9 heteroatoms. The van der Waals surface area contributed by atoms with Gasteiger partial charge >= 0.3 is 0 Å². The number of nitrogens with zero attached hydrogens (tertiary/aromatic N) is 2. The Hall–Kier alpha value is -2.29. The van der Waals surface area contributed by atoms with Crippen LogP contribution in [0.1, 0.15) is 22.3 Å². The number of aryl methyl sites for hydroxylation is 2. The summed E-state index contributed by atoms with van der Waals surface area (Å²) in [6.45, 7) is 2.28. The minimum Gasteiger partial charge on any atom is -0.351 e. The van der Waals surface area contributed by atoms with Gasteiger partial charge in [0.15, 0.2) is 5.82 Å². The molecule has 2 N–H and O–H groups in total. The maximum Gasteiger partial charge on any atom is 0.277 e. The number of hydrogen-bond donors (Lipinski definition) is 2. The van der Waals surface area contributed by atoms with Crippen LogP contribution in [0.15, 0.2) is 30.6 Å². The molecule has 1 aromatic heterocycles. The summed E-state index contributed by atoms with van der Waals surface area (Å²) in [7, 11) is 1.74. The summed E-state index contributed by atoms with van der Waals surface area (Å²) in [6.07, 6.45) is 4.29. The largest absolute Gasteiger partial charge is 0.351 e. The highest BCUT2D eigenvalue weighted by Gasteiger charge is 2.22. The molecule has 0 unspecified atom stereocenters. The molecule has 0 radical (unpaired) electrons. The standard InChI is InChI=1S/C20H22ClFN4O2S/c1-12-5-6-15(14(21)9-12)24-18-13(20(27)25-28-7-4-8-29-3)10-16-19(17(18)22)23-11-26(16)2/h5-6,9-11,24H,4,7-8H2,1-3H3,(H,25,27). The van der Waals surface area contributed by atoms with E-state index in [0.717, 1.165) is 17.7 Å². The average molecular weight is 437 g/mol. The number of imidazole rings is 1. The molecule has 3 aromatic rings. The highest BCUT2D eigenvalue weighted by Crippen LogP contribution is 2.33. The van der Waals surface area contributed by atoms with Crippen LogP contribution in [0.4, 0.5) is 15.8 Å². The van der Waals surface area contributed by atoms with E-state index in [-0.39, 0.29) is 16.8 Å². The van der Waals surface area contributed by atoms with E-state index in [1.165, 1.54) is 6.33 Å². The Morgan fingerprint density at radius 2 is 2.17 bits per heavy atom. The van der Waals surface area contributed by atoms with Crippen molar-refractivity contribution in [3.8, 4) is 0 Å². The molecule has 0 atom stereocenters. The fourth-order valence-corrected chi connectivity index (χ4v) is 3.52. The summed E-state index contributed by atoms with van der Waals surface area (Å²) in [6, 6.07) is 6.92. The van der Waals surface area contributed by atoms with Gasteiger partial charge in [0.1, 0.15) is 5.52 Å². The highest BCUT2D eigenvalue weighted by molar-refractivity contribution is 7.98. The monoisotopic (exact) mass is 436 g/mol. The number of rotatable bonds is 8. The van der Waals surface area contributed by atoms with Crippen LogP contribution < -0.4 is 10.8 Å². The van der Waals surface area contributed by atoms with E-state index in [4.69, 9.17) is 16.4 Å². The van der Waals surface area contributed by atoms with E-state index in [2.05, 4.69) is 15.8 Å². The van der Waals surface area contributed by atoms with Gasteiger partial charge in [-0.1, -0.05) is 17.7 Å². The van der Waals surface area contributed by atoms with E-state index < -0.39 is 11.7 Å². The molecule has 154 valence electrons. The zero-order valence-corrected chi connectivity index (χ0v) is 18.0. The molecule has 0 aliphatic carbocycles. The predicted octanol–water partition coefficient (Wildman–Crippen LogP) is 4.83. The van der Waals surface area contributed by atoms with E-state index >= 15 is 4.39 Å². The van der Waals surface area contributed by atoms with Crippen molar-refractivity contribution in [1.29, 1.82) is 0 Å². The number of nitrogens with one attached hydrogen (secondary N) is 2. The van der Waals surface area contributed by atoms with Crippen molar-refractivity contribution >= 4 is 51.7 Å². The molecule has 0 spiro atoms. The number of halogens is 2. The first-order valence-corrected chi connectivity index (χ1v) is 10.8. The second-order valence-corrected chi connectivity index (χ2v) is 7.96. The van der Waals surface area contributed by atoms with Gasteiger partial charge in [0.25, 0.3) is 5.91 Å². The SMILES string of the molecule is CSCCCONC(=O)c1cc2c(ncn2C)c(F)c1Nc1ccc(C)cc1Cl. The lowest BCUT2D eigenvalue weighted by Crippen LogP contribution is -2.25. The van der Waals surface area contributed by atoms with E-state index in [0.29, 0.717) is 22.8 Å². The number of fused-ring (bicyclic) bond motifs is 1. The van der Waals surface area contributed by atoms with Gasteiger partial charge < -0.3 is 9.88 Å². The van der Waals surface area contributed by atoms with Gasteiger partial charge in [-0.2, -0.15) is 11.8 Å². The lowest BCUT2D eigenvalue weighted by atomic mass is 10.1. The van der Waals surface area contributed by atoms with Crippen molar-refractivity contribution in [2.75, 3.05) is 23.9 Å². The van der Waals surface area contributed by atoms with Gasteiger partial charge in [-0.05, 0) is 49.1 Å². The zero-order valence-electron chi connectivity index (χ0n) is 16.4. The third-order valence-electron chi connectivity index (χ3n) is 4.35. The van der Waals surface area contributed by atoms with E-state index in [9.17, 15) is 4.79 Å². The fraction of sp³-hybridized carbons (Fsp3) is 0.300. The van der Waals surface area contributed by atoms with Crippen LogP contribution in [0.5, 0.6) is 0 Å². The first-order chi connectivity index (χ1) is 13.9. The number of thioether (sulfide) groups is 1. The third-order valence-corrected chi connectivity index (χ3v) is 5.36. The smallest absolute Gasteiger partial charge is 0.277 e. The number of carbonyl (C=O) groups excluding carboxylic acids is 1. The Labute approximate surface area is 177 Å². The Morgan fingerprint density at radius 3 is 2.90 bits per heavy atom. The van der Waals surface area contributed by atoms with Crippen molar-refractivity contribution in [3.05, 3.63) is 52.6 Å². The second-order valence-electron chi connectivity index (χ2n) is 6.57. The van der Waals surface area contributed by atoms with Gasteiger partial charge in [0, 0.05) is 7.05 Å². The number of aromatic nitrogens is 2. The topological polar surface area (TPSA) is 68.2 Å². The molecule has 0 aliphatic heterocycles. The lowest BCUT2D eigenvalue weighted by Gasteiger charge is -2.15. The van der Waals surface area contributed by atoms with Crippen LogP contribution in [0.3, 0.4) is 0 Å². The molecule has 3 rings (SSSR count). The summed E-state index contributed by atoms with van der Waals surface area (Å²) in [5, 5.41) is 3.37. The van der Waals surface area contributed by atoms with Crippen LogP contribution in [-0.4, -0.2) is 34.1 Å². The number of amides is 1. The van der Waals surface area contributed by atoms with Crippen LogP contribution >= 0.6 is 23.4 Å². The number of carbonyl (C=O) groups is 1. The Kier molecular flexibility index (Phi) is 7.00. The van der Waals surface area contributed by atoms with Crippen LogP contribution in [0.2, 0.25) is 5.02 Å². The summed E-state index contributed by atoms with van der Waals surface area (Å²) < 4.78 is 16.9. The van der Waals surface area contributed by atoms with E-state index in [1.807, 2.05) is 19.2 Å². The van der Waals surface area contributed by atoms with Gasteiger partial charge in [0.2, 0.25) is 0 Å². The van der Waals surface area contributed by atoms with Crippen molar-refractivity contribution in [2.45, 2.75) is 13.3 Å². The second kappa shape index (κ2) is 9.47. The molecular formula is C20H22ClFN4O2S. The summed E-state index contributed by atoms with van der Waals surface area (Å²) in [5.41, 5.74) is 4.60. The molecule has 6 nitrogen and oxygen atoms in total. The van der Waals surface area contributed by atoms with Crippen molar-refractivity contribution in [2.24, 2.45) is 7.05 Å². The fourth-order valence-electron chi connectivity index (χ4n) is 2.83. The van der Waals surface area contributed by atoms with Crippen molar-refractivity contribution in [1.82, 2.24) is 15.0 Å². The minimum atomic E-state index is -0.632.